The molecule has 1 aliphatic rings. The Kier molecular flexibility index (Phi) is 7.00. The lowest BCUT2D eigenvalue weighted by atomic mass is 9.98. The van der Waals surface area contributed by atoms with Gasteiger partial charge in [-0.05, 0) is 40.0 Å². The zero-order valence-corrected chi connectivity index (χ0v) is 14.8. The fraction of sp³-hybridized carbons (Fsp3) is 0.647. The van der Waals surface area contributed by atoms with E-state index in [1.807, 2.05) is 0 Å². The molecule has 1 heterocycles. The maximum absolute atomic E-state index is 5.35. The molecule has 1 aromatic carbocycles. The molecule has 1 saturated heterocycles. The lowest BCUT2D eigenvalue weighted by molar-refractivity contribution is 0.162. The second-order valence-electron chi connectivity index (χ2n) is 5.69. The first-order valence-electron chi connectivity index (χ1n) is 8.04. The van der Waals surface area contributed by atoms with Crippen molar-refractivity contribution in [2.75, 3.05) is 33.3 Å². The lowest BCUT2D eigenvalue weighted by Gasteiger charge is -2.35. The summed E-state index contributed by atoms with van der Waals surface area (Å²) >= 11 is 3.63. The van der Waals surface area contributed by atoms with Crippen LogP contribution in [0.4, 0.5) is 0 Å². The Morgan fingerprint density at radius 3 is 2.67 bits per heavy atom. The van der Waals surface area contributed by atoms with Crippen molar-refractivity contribution in [3.8, 4) is 5.75 Å². The molecular formula is C17H27BrN2O. The number of methoxy groups -OCH3 is 1. The molecule has 0 radical (unpaired) electrons. The molecule has 4 heteroatoms. The lowest BCUT2D eigenvalue weighted by Crippen LogP contribution is -2.45. The van der Waals surface area contributed by atoms with Crippen molar-refractivity contribution in [2.24, 2.45) is 0 Å². The fourth-order valence-electron chi connectivity index (χ4n) is 3.03. The number of halogens is 1. The predicted molar refractivity (Wildman–Crippen MR) is 92.0 cm³/mol. The fourth-order valence-corrected chi connectivity index (χ4v) is 3.59. The number of nitrogens with one attached hydrogen (secondary N) is 1. The van der Waals surface area contributed by atoms with Crippen LogP contribution in [0, 0.1) is 0 Å². The van der Waals surface area contributed by atoms with E-state index in [2.05, 4.69) is 51.3 Å². The van der Waals surface area contributed by atoms with E-state index in [1.165, 1.54) is 31.2 Å². The van der Waals surface area contributed by atoms with Gasteiger partial charge in [-0.25, -0.2) is 0 Å². The standard InChI is InChI=1S/C17H27BrN2O/c1-3-4-5-6-16(20-11-9-19-10-12-20)14-7-8-17(21-2)15(18)13-14/h7-8,13,16,19H,3-6,9-12H2,1-2H3/t16-/m0/s1. The average Bonchev–Trinajstić information content (AvgIpc) is 2.52. The van der Waals surface area contributed by atoms with Gasteiger partial charge in [-0.2, -0.15) is 0 Å². The largest absolute Gasteiger partial charge is 0.496 e. The normalized spacial score (nSPS) is 17.7. The summed E-state index contributed by atoms with van der Waals surface area (Å²) in [6.45, 7) is 6.74. The molecule has 1 aliphatic heterocycles. The first-order chi connectivity index (χ1) is 10.3. The number of piperazine rings is 1. The Morgan fingerprint density at radius 1 is 1.29 bits per heavy atom. The van der Waals surface area contributed by atoms with Gasteiger partial charge in [-0.1, -0.05) is 32.3 Å². The molecule has 118 valence electrons. The first-order valence-corrected chi connectivity index (χ1v) is 8.83. The second kappa shape index (κ2) is 8.76. The molecule has 0 bridgehead atoms. The van der Waals surface area contributed by atoms with Gasteiger partial charge in [-0.15, -0.1) is 0 Å². The smallest absolute Gasteiger partial charge is 0.133 e. The number of unbranched alkanes of at least 4 members (excludes halogenated alkanes) is 2. The van der Waals surface area contributed by atoms with Gasteiger partial charge in [0.1, 0.15) is 5.75 Å². The van der Waals surface area contributed by atoms with E-state index in [1.54, 1.807) is 7.11 Å². The van der Waals surface area contributed by atoms with Gasteiger partial charge in [0.15, 0.2) is 0 Å². The van der Waals surface area contributed by atoms with Crippen LogP contribution in [-0.2, 0) is 0 Å². The third kappa shape index (κ3) is 4.70. The van der Waals surface area contributed by atoms with Crippen molar-refractivity contribution in [3.63, 3.8) is 0 Å². The number of hydrogen-bond donors (Lipinski definition) is 1. The molecule has 1 N–H and O–H groups in total. The highest BCUT2D eigenvalue weighted by molar-refractivity contribution is 9.10. The van der Waals surface area contributed by atoms with E-state index in [9.17, 15) is 0 Å². The molecule has 1 atom stereocenters. The Labute approximate surface area is 137 Å². The van der Waals surface area contributed by atoms with Crippen LogP contribution in [0.5, 0.6) is 5.75 Å². The molecule has 0 amide bonds. The van der Waals surface area contributed by atoms with Crippen molar-refractivity contribution in [3.05, 3.63) is 28.2 Å². The van der Waals surface area contributed by atoms with E-state index in [0.29, 0.717) is 6.04 Å². The van der Waals surface area contributed by atoms with Crippen molar-refractivity contribution < 1.29 is 4.74 Å². The van der Waals surface area contributed by atoms with Gasteiger partial charge in [0.25, 0.3) is 0 Å². The minimum absolute atomic E-state index is 0.529. The Hall–Kier alpha value is -0.580. The van der Waals surface area contributed by atoms with E-state index >= 15 is 0 Å². The molecule has 1 fully saturated rings. The zero-order valence-electron chi connectivity index (χ0n) is 13.2. The number of nitrogens with zero attached hydrogens (tertiary/aromatic N) is 1. The number of benzene rings is 1. The van der Waals surface area contributed by atoms with Crippen LogP contribution in [0.3, 0.4) is 0 Å². The highest BCUT2D eigenvalue weighted by Gasteiger charge is 2.22. The molecule has 3 nitrogen and oxygen atoms in total. The Balaban J connectivity index is 2.14. The molecule has 21 heavy (non-hydrogen) atoms. The van der Waals surface area contributed by atoms with Crippen LogP contribution in [0.2, 0.25) is 0 Å². The summed E-state index contributed by atoms with van der Waals surface area (Å²) in [5, 5.41) is 3.45. The predicted octanol–water partition coefficient (Wildman–Crippen LogP) is 3.98. The first kappa shape index (κ1) is 16.8. The molecule has 1 aromatic rings. The van der Waals surface area contributed by atoms with Crippen LogP contribution < -0.4 is 10.1 Å². The second-order valence-corrected chi connectivity index (χ2v) is 6.55. The van der Waals surface area contributed by atoms with Crippen LogP contribution in [0.25, 0.3) is 0 Å². The van der Waals surface area contributed by atoms with Crippen LogP contribution >= 0.6 is 15.9 Å². The quantitative estimate of drug-likeness (QED) is 0.749. The maximum atomic E-state index is 5.35. The summed E-state index contributed by atoms with van der Waals surface area (Å²) in [5.74, 6) is 0.909. The zero-order chi connectivity index (χ0) is 15.1. The summed E-state index contributed by atoms with van der Waals surface area (Å²) in [7, 11) is 1.72. The average molecular weight is 355 g/mol. The molecular weight excluding hydrogens is 328 g/mol. The van der Waals surface area contributed by atoms with Gasteiger partial charge in [0.05, 0.1) is 11.6 Å². The Bertz CT molecular complexity index is 433. The molecule has 2 rings (SSSR count). The van der Waals surface area contributed by atoms with E-state index in [4.69, 9.17) is 4.74 Å². The summed E-state index contributed by atoms with van der Waals surface area (Å²) in [6.07, 6.45) is 5.14. The molecule has 0 aromatic heterocycles. The molecule has 0 aliphatic carbocycles. The molecule has 0 unspecified atom stereocenters. The van der Waals surface area contributed by atoms with E-state index in [0.717, 1.165) is 36.4 Å². The summed E-state index contributed by atoms with van der Waals surface area (Å²) in [5.41, 5.74) is 1.40. The van der Waals surface area contributed by atoms with Crippen LogP contribution in [0.15, 0.2) is 22.7 Å². The van der Waals surface area contributed by atoms with Crippen molar-refractivity contribution in [2.45, 2.75) is 38.6 Å². The Morgan fingerprint density at radius 2 is 2.05 bits per heavy atom. The van der Waals surface area contributed by atoms with Crippen molar-refractivity contribution in [1.29, 1.82) is 0 Å². The van der Waals surface area contributed by atoms with E-state index in [-0.39, 0.29) is 0 Å². The third-order valence-electron chi connectivity index (χ3n) is 4.23. The molecule has 0 spiro atoms. The van der Waals surface area contributed by atoms with Crippen LogP contribution in [-0.4, -0.2) is 38.2 Å². The maximum Gasteiger partial charge on any atom is 0.133 e. The van der Waals surface area contributed by atoms with Gasteiger partial charge in [0.2, 0.25) is 0 Å². The van der Waals surface area contributed by atoms with Gasteiger partial charge in [-0.3, -0.25) is 4.90 Å². The SMILES string of the molecule is CCCCC[C@@H](c1ccc(OC)c(Br)c1)N1CCNCC1. The van der Waals surface area contributed by atoms with Crippen LogP contribution in [0.1, 0.15) is 44.2 Å². The van der Waals surface area contributed by atoms with Gasteiger partial charge < -0.3 is 10.1 Å². The van der Waals surface area contributed by atoms with Gasteiger partial charge >= 0.3 is 0 Å². The number of ether oxygens (including phenoxy) is 1. The minimum atomic E-state index is 0.529. The highest BCUT2D eigenvalue weighted by atomic mass is 79.9. The van der Waals surface area contributed by atoms with E-state index < -0.39 is 0 Å². The van der Waals surface area contributed by atoms with Crippen molar-refractivity contribution in [1.82, 2.24) is 10.2 Å². The summed E-state index contributed by atoms with van der Waals surface area (Å²) < 4.78 is 6.41. The third-order valence-corrected chi connectivity index (χ3v) is 4.85. The summed E-state index contributed by atoms with van der Waals surface area (Å²) in [4.78, 5) is 2.63. The highest BCUT2D eigenvalue weighted by Crippen LogP contribution is 2.33. The minimum Gasteiger partial charge on any atom is -0.496 e. The topological polar surface area (TPSA) is 24.5 Å². The monoisotopic (exact) mass is 354 g/mol. The van der Waals surface area contributed by atoms with Gasteiger partial charge in [0, 0.05) is 32.2 Å². The molecule has 0 saturated carbocycles. The summed E-state index contributed by atoms with van der Waals surface area (Å²) in [6, 6.07) is 7.06. The number of rotatable bonds is 7. The number of hydrogen-bond acceptors (Lipinski definition) is 3. The van der Waals surface area contributed by atoms with Crippen molar-refractivity contribution >= 4 is 15.9 Å².